The molecular weight excluding hydrogens is 262 g/mol. The van der Waals surface area contributed by atoms with Gasteiger partial charge >= 0.3 is 0 Å². The molecule has 2 aromatic rings. The molecule has 112 valence electrons. The van der Waals surface area contributed by atoms with Crippen molar-refractivity contribution in [1.82, 2.24) is 9.97 Å². The topological polar surface area (TPSA) is 47.0 Å². The highest BCUT2D eigenvalue weighted by Gasteiger charge is 2.13. The number of benzene rings is 1. The average molecular weight is 285 g/mol. The van der Waals surface area contributed by atoms with Crippen LogP contribution in [0.25, 0.3) is 0 Å². The van der Waals surface area contributed by atoms with Crippen molar-refractivity contribution in [2.75, 3.05) is 11.9 Å². The fourth-order valence-electron chi connectivity index (χ4n) is 1.98. The summed E-state index contributed by atoms with van der Waals surface area (Å²) in [5, 5.41) is 3.28. The number of hydrogen-bond donors (Lipinski definition) is 1. The first kappa shape index (κ1) is 15.3. The molecule has 4 nitrogen and oxygen atoms in total. The normalized spacial score (nSPS) is 10.7. The highest BCUT2D eigenvalue weighted by Crippen LogP contribution is 2.25. The van der Waals surface area contributed by atoms with Crippen LogP contribution in [0.3, 0.4) is 0 Å². The first-order valence-electron chi connectivity index (χ1n) is 7.41. The largest absolute Gasteiger partial charge is 0.472 e. The Balaban J connectivity index is 2.24. The molecule has 1 heterocycles. The summed E-state index contributed by atoms with van der Waals surface area (Å²) in [7, 11) is 0. The minimum Gasteiger partial charge on any atom is -0.472 e. The Labute approximate surface area is 126 Å². The number of nitrogens with zero attached hydrogens (tertiary/aromatic N) is 2. The van der Waals surface area contributed by atoms with Crippen LogP contribution in [0.5, 0.6) is 5.88 Å². The summed E-state index contributed by atoms with van der Waals surface area (Å²) < 4.78 is 5.91. The van der Waals surface area contributed by atoms with Gasteiger partial charge in [0.05, 0.1) is 5.56 Å². The smallest absolute Gasteiger partial charge is 0.222 e. The van der Waals surface area contributed by atoms with Crippen LogP contribution in [0.4, 0.5) is 5.82 Å². The maximum atomic E-state index is 5.91. The van der Waals surface area contributed by atoms with Crippen molar-refractivity contribution < 1.29 is 4.74 Å². The van der Waals surface area contributed by atoms with Crippen LogP contribution >= 0.6 is 0 Å². The second-order valence-corrected chi connectivity index (χ2v) is 5.32. The van der Waals surface area contributed by atoms with Crippen LogP contribution < -0.4 is 10.1 Å². The van der Waals surface area contributed by atoms with Crippen molar-refractivity contribution >= 4 is 5.82 Å². The minimum atomic E-state index is 0.266. The third kappa shape index (κ3) is 3.94. The first-order chi connectivity index (χ1) is 10.1. The fourth-order valence-corrected chi connectivity index (χ4v) is 1.98. The summed E-state index contributed by atoms with van der Waals surface area (Å²) in [6.45, 7) is 9.56. The molecule has 21 heavy (non-hydrogen) atoms. The van der Waals surface area contributed by atoms with Crippen LogP contribution in [0.1, 0.15) is 43.6 Å². The van der Waals surface area contributed by atoms with E-state index in [1.54, 1.807) is 0 Å². The van der Waals surface area contributed by atoms with Gasteiger partial charge in [-0.2, -0.15) is 4.98 Å². The summed E-state index contributed by atoms with van der Waals surface area (Å²) in [6, 6.07) is 10.1. The molecule has 1 aromatic carbocycles. The monoisotopic (exact) mass is 285 g/mol. The molecule has 1 N–H and O–H groups in total. The first-order valence-corrected chi connectivity index (χ1v) is 7.41. The molecule has 0 aliphatic rings. The number of rotatable bonds is 6. The summed E-state index contributed by atoms with van der Waals surface area (Å²) in [4.78, 5) is 9.13. The van der Waals surface area contributed by atoms with E-state index in [0.29, 0.717) is 12.5 Å². The highest BCUT2D eigenvalue weighted by atomic mass is 16.5. The maximum absolute atomic E-state index is 5.91. The number of aromatic nitrogens is 2. The van der Waals surface area contributed by atoms with E-state index in [4.69, 9.17) is 4.74 Å². The van der Waals surface area contributed by atoms with Crippen molar-refractivity contribution in [2.45, 2.75) is 40.2 Å². The second-order valence-electron chi connectivity index (χ2n) is 5.32. The fraction of sp³-hybridized carbons (Fsp3) is 0.412. The Morgan fingerprint density at radius 1 is 1.14 bits per heavy atom. The lowest BCUT2D eigenvalue weighted by Gasteiger charge is -2.15. The molecule has 0 saturated heterocycles. The van der Waals surface area contributed by atoms with Gasteiger partial charge in [-0.05, 0) is 19.4 Å². The van der Waals surface area contributed by atoms with Crippen LogP contribution in [-0.4, -0.2) is 16.5 Å². The molecule has 0 unspecified atom stereocenters. The van der Waals surface area contributed by atoms with E-state index in [0.717, 1.165) is 29.3 Å². The molecule has 0 spiro atoms. The zero-order valence-corrected chi connectivity index (χ0v) is 13.2. The molecule has 0 atom stereocenters. The standard InChI is InChI=1S/C17H23N3O/c1-5-18-16-13(4)17(20-15(19-16)12(2)3)21-11-14-9-7-6-8-10-14/h6-10,12H,5,11H2,1-4H3,(H,18,19,20). The number of anilines is 1. The molecule has 0 aliphatic carbocycles. The van der Waals surface area contributed by atoms with Gasteiger partial charge in [-0.3, -0.25) is 0 Å². The zero-order valence-electron chi connectivity index (χ0n) is 13.2. The SMILES string of the molecule is CCNc1nc(C(C)C)nc(OCc2ccccc2)c1C. The van der Waals surface area contributed by atoms with Gasteiger partial charge in [-0.25, -0.2) is 4.98 Å². The van der Waals surface area contributed by atoms with Crippen LogP contribution in [0.2, 0.25) is 0 Å². The Bertz CT molecular complexity index is 582. The maximum Gasteiger partial charge on any atom is 0.222 e. The van der Waals surface area contributed by atoms with Gasteiger partial charge in [-0.15, -0.1) is 0 Å². The average Bonchev–Trinajstić information content (AvgIpc) is 2.49. The van der Waals surface area contributed by atoms with Crippen LogP contribution in [-0.2, 0) is 6.61 Å². The molecule has 1 aromatic heterocycles. The van der Waals surface area contributed by atoms with E-state index >= 15 is 0 Å². The Morgan fingerprint density at radius 3 is 2.48 bits per heavy atom. The van der Waals surface area contributed by atoms with E-state index in [1.165, 1.54) is 0 Å². The lowest BCUT2D eigenvalue weighted by molar-refractivity contribution is 0.289. The lowest BCUT2D eigenvalue weighted by Crippen LogP contribution is -2.10. The van der Waals surface area contributed by atoms with Crippen molar-refractivity contribution in [3.8, 4) is 5.88 Å². The van der Waals surface area contributed by atoms with E-state index in [-0.39, 0.29) is 5.92 Å². The Kier molecular flexibility index (Phi) is 5.14. The molecule has 0 aliphatic heterocycles. The third-order valence-corrected chi connectivity index (χ3v) is 3.20. The summed E-state index contributed by atoms with van der Waals surface area (Å²) in [5.74, 6) is 2.59. The third-order valence-electron chi connectivity index (χ3n) is 3.20. The Hall–Kier alpha value is -2.10. The van der Waals surface area contributed by atoms with Gasteiger partial charge in [0.15, 0.2) is 0 Å². The van der Waals surface area contributed by atoms with Gasteiger partial charge in [-0.1, -0.05) is 44.2 Å². The van der Waals surface area contributed by atoms with Crippen LogP contribution in [0.15, 0.2) is 30.3 Å². The minimum absolute atomic E-state index is 0.266. The summed E-state index contributed by atoms with van der Waals surface area (Å²) in [6.07, 6.45) is 0. The van der Waals surface area contributed by atoms with Crippen LogP contribution in [0, 0.1) is 6.92 Å². The highest BCUT2D eigenvalue weighted by molar-refractivity contribution is 5.48. The lowest BCUT2D eigenvalue weighted by atomic mass is 10.2. The van der Waals surface area contributed by atoms with Crippen molar-refractivity contribution in [3.05, 3.63) is 47.3 Å². The van der Waals surface area contributed by atoms with Gasteiger partial charge in [0.2, 0.25) is 5.88 Å². The van der Waals surface area contributed by atoms with Gasteiger partial charge in [0.1, 0.15) is 18.2 Å². The number of hydrogen-bond acceptors (Lipinski definition) is 4. The van der Waals surface area contributed by atoms with Gasteiger partial charge < -0.3 is 10.1 Å². The summed E-state index contributed by atoms with van der Waals surface area (Å²) in [5.41, 5.74) is 2.09. The molecular formula is C17H23N3O. The van der Waals surface area contributed by atoms with Crippen molar-refractivity contribution in [3.63, 3.8) is 0 Å². The zero-order chi connectivity index (χ0) is 15.2. The van der Waals surface area contributed by atoms with Crippen molar-refractivity contribution in [1.29, 1.82) is 0 Å². The number of ether oxygens (including phenoxy) is 1. The van der Waals surface area contributed by atoms with E-state index in [1.807, 2.05) is 37.3 Å². The van der Waals surface area contributed by atoms with Gasteiger partial charge in [0.25, 0.3) is 0 Å². The quantitative estimate of drug-likeness (QED) is 0.874. The number of nitrogens with one attached hydrogen (secondary N) is 1. The molecule has 0 radical (unpaired) electrons. The van der Waals surface area contributed by atoms with Crippen molar-refractivity contribution in [2.24, 2.45) is 0 Å². The predicted molar refractivity (Wildman–Crippen MR) is 85.8 cm³/mol. The molecule has 4 heteroatoms. The van der Waals surface area contributed by atoms with E-state index in [2.05, 4.69) is 36.1 Å². The molecule has 2 rings (SSSR count). The van der Waals surface area contributed by atoms with Gasteiger partial charge in [0, 0.05) is 12.5 Å². The predicted octanol–water partition coefficient (Wildman–Crippen LogP) is 3.92. The summed E-state index contributed by atoms with van der Waals surface area (Å²) >= 11 is 0. The Morgan fingerprint density at radius 2 is 1.86 bits per heavy atom. The van der Waals surface area contributed by atoms with E-state index in [9.17, 15) is 0 Å². The molecule has 0 saturated carbocycles. The van der Waals surface area contributed by atoms with E-state index < -0.39 is 0 Å². The molecule has 0 fully saturated rings. The molecule has 0 amide bonds. The molecule has 0 bridgehead atoms. The second kappa shape index (κ2) is 7.07.